The summed E-state index contributed by atoms with van der Waals surface area (Å²) in [7, 11) is 1.61. The van der Waals surface area contributed by atoms with Gasteiger partial charge >= 0.3 is 5.97 Å². The van der Waals surface area contributed by atoms with E-state index in [1.807, 2.05) is 30.3 Å². The molecule has 1 amide bonds. The minimum atomic E-state index is -0.584. The van der Waals surface area contributed by atoms with Gasteiger partial charge in [-0.3, -0.25) is 9.59 Å². The molecule has 0 spiro atoms. The van der Waals surface area contributed by atoms with Crippen molar-refractivity contribution in [3.05, 3.63) is 41.6 Å². The van der Waals surface area contributed by atoms with Crippen LogP contribution in [0, 0.1) is 0 Å². The number of rotatable bonds is 5. The van der Waals surface area contributed by atoms with Crippen LogP contribution in [0.25, 0.3) is 0 Å². The van der Waals surface area contributed by atoms with E-state index in [1.165, 1.54) is 4.90 Å². The van der Waals surface area contributed by atoms with Crippen molar-refractivity contribution >= 4 is 30.2 Å². The number of benzene rings is 1. The molecule has 1 aromatic carbocycles. The predicted octanol–water partition coefficient (Wildman–Crippen LogP) is 1.08. The minimum Gasteiger partial charge on any atom is -0.461 e. The van der Waals surface area contributed by atoms with Crippen LogP contribution in [0.4, 0.5) is 0 Å². The molecule has 0 bridgehead atoms. The highest BCUT2D eigenvalue weighted by molar-refractivity contribution is 5.85. The van der Waals surface area contributed by atoms with E-state index >= 15 is 0 Å². The molecule has 124 valence electrons. The zero-order valence-electron chi connectivity index (χ0n) is 12.8. The molecule has 1 aliphatic heterocycles. The Balaban J connectivity index is 0.00000264. The van der Waals surface area contributed by atoms with Crippen LogP contribution in [0.2, 0.25) is 0 Å². The number of carbonyl (C=O) groups is 2. The molecule has 1 fully saturated rings. The van der Waals surface area contributed by atoms with Gasteiger partial charge in [0.25, 0.3) is 0 Å². The van der Waals surface area contributed by atoms with E-state index < -0.39 is 6.04 Å². The van der Waals surface area contributed by atoms with E-state index in [0.717, 1.165) is 5.56 Å². The van der Waals surface area contributed by atoms with Gasteiger partial charge in [0.05, 0.1) is 6.54 Å². The standard InChI is InChI=1S/C16H18N2O4.ClH/c1-18-9-13(10-19)17-14(16(18)21)7-8-15(20)22-11-12-5-3-2-4-6-12;/h2-6,14,17H,7-9,11H2,1H3;1H. The number of carbonyl (C=O) groups excluding carboxylic acids is 3. The highest BCUT2D eigenvalue weighted by atomic mass is 35.5. The van der Waals surface area contributed by atoms with Gasteiger partial charge in [-0.1, -0.05) is 30.3 Å². The van der Waals surface area contributed by atoms with Crippen molar-refractivity contribution in [2.45, 2.75) is 25.5 Å². The number of likely N-dealkylation sites (N-methyl/N-ethyl adjacent to an activating group) is 1. The summed E-state index contributed by atoms with van der Waals surface area (Å²) in [6.45, 7) is 0.433. The molecule has 1 saturated heterocycles. The van der Waals surface area contributed by atoms with Crippen molar-refractivity contribution in [3.63, 3.8) is 0 Å². The van der Waals surface area contributed by atoms with Crippen LogP contribution in [0.15, 0.2) is 36.0 Å². The topological polar surface area (TPSA) is 75.7 Å². The lowest BCUT2D eigenvalue weighted by Crippen LogP contribution is -2.52. The number of amides is 1. The van der Waals surface area contributed by atoms with Crippen molar-refractivity contribution < 1.29 is 19.1 Å². The predicted molar refractivity (Wildman–Crippen MR) is 86.5 cm³/mol. The first-order valence-corrected chi connectivity index (χ1v) is 7.05. The number of hydrogen-bond acceptors (Lipinski definition) is 5. The van der Waals surface area contributed by atoms with Crippen LogP contribution in [-0.4, -0.2) is 42.4 Å². The van der Waals surface area contributed by atoms with Gasteiger partial charge in [0, 0.05) is 13.5 Å². The number of esters is 1. The molecule has 0 radical (unpaired) electrons. The second-order valence-corrected chi connectivity index (χ2v) is 5.16. The fourth-order valence-electron chi connectivity index (χ4n) is 2.23. The van der Waals surface area contributed by atoms with Gasteiger partial charge in [-0.15, -0.1) is 12.4 Å². The summed E-state index contributed by atoms with van der Waals surface area (Å²) in [4.78, 5) is 35.8. The van der Waals surface area contributed by atoms with Crippen molar-refractivity contribution in [2.24, 2.45) is 0 Å². The molecule has 1 atom stereocenters. The minimum absolute atomic E-state index is 0. The largest absolute Gasteiger partial charge is 0.461 e. The monoisotopic (exact) mass is 338 g/mol. The van der Waals surface area contributed by atoms with Gasteiger partial charge < -0.3 is 15.0 Å². The summed E-state index contributed by atoms with van der Waals surface area (Å²) in [6, 6.07) is 8.79. The number of ether oxygens (including phenoxy) is 1. The van der Waals surface area contributed by atoms with Crippen LogP contribution >= 0.6 is 12.4 Å². The van der Waals surface area contributed by atoms with Crippen LogP contribution < -0.4 is 5.32 Å². The first-order valence-electron chi connectivity index (χ1n) is 7.05. The summed E-state index contributed by atoms with van der Waals surface area (Å²) in [6.07, 6.45) is 0.387. The molecular weight excluding hydrogens is 320 g/mol. The Kier molecular flexibility index (Phi) is 7.32. The molecule has 1 aromatic rings. The first-order chi connectivity index (χ1) is 10.6. The molecule has 1 unspecified atom stereocenters. The normalized spacial score (nSPS) is 16.9. The SMILES string of the molecule is CN1CC(=C=O)NC(CCC(=O)OCc2ccccc2)C1=O.Cl. The molecule has 1 aliphatic rings. The molecule has 6 nitrogen and oxygen atoms in total. The fraction of sp³-hybridized carbons (Fsp3) is 0.375. The average molecular weight is 339 g/mol. The first kappa shape index (κ1) is 18.7. The second kappa shape index (κ2) is 8.98. The number of nitrogens with one attached hydrogen (secondary N) is 1. The average Bonchev–Trinajstić information content (AvgIpc) is 2.55. The maximum Gasteiger partial charge on any atom is 0.306 e. The molecule has 7 heteroatoms. The molecule has 2 rings (SSSR count). The summed E-state index contributed by atoms with van der Waals surface area (Å²) in [5.74, 6) is 1.25. The Morgan fingerprint density at radius 1 is 1.39 bits per heavy atom. The van der Waals surface area contributed by atoms with Gasteiger partial charge in [-0.25, -0.2) is 4.79 Å². The Labute approximate surface area is 140 Å². The maximum absolute atomic E-state index is 11.9. The van der Waals surface area contributed by atoms with Crippen LogP contribution in [0.5, 0.6) is 0 Å². The smallest absolute Gasteiger partial charge is 0.306 e. The fourth-order valence-corrected chi connectivity index (χ4v) is 2.23. The van der Waals surface area contributed by atoms with Crippen LogP contribution in [0.1, 0.15) is 18.4 Å². The summed E-state index contributed by atoms with van der Waals surface area (Å²) in [5, 5.41) is 2.81. The number of piperazine rings is 1. The van der Waals surface area contributed by atoms with Gasteiger partial charge in [-0.2, -0.15) is 0 Å². The molecule has 23 heavy (non-hydrogen) atoms. The van der Waals surface area contributed by atoms with Gasteiger partial charge in [0.15, 0.2) is 0 Å². The van der Waals surface area contributed by atoms with Crippen molar-refractivity contribution in [1.82, 2.24) is 10.2 Å². The molecule has 0 aliphatic carbocycles. The molecule has 0 saturated carbocycles. The third-order valence-electron chi connectivity index (χ3n) is 3.42. The Bertz CT molecular complexity index is 599. The van der Waals surface area contributed by atoms with Crippen molar-refractivity contribution in [1.29, 1.82) is 0 Å². The lowest BCUT2D eigenvalue weighted by atomic mass is 10.1. The van der Waals surface area contributed by atoms with Gasteiger partial charge in [0.2, 0.25) is 5.91 Å². The van der Waals surface area contributed by atoms with E-state index in [4.69, 9.17) is 4.74 Å². The lowest BCUT2D eigenvalue weighted by Gasteiger charge is -2.31. The third-order valence-corrected chi connectivity index (χ3v) is 3.42. The van der Waals surface area contributed by atoms with E-state index in [-0.39, 0.29) is 50.3 Å². The zero-order valence-corrected chi connectivity index (χ0v) is 13.6. The zero-order chi connectivity index (χ0) is 15.9. The van der Waals surface area contributed by atoms with E-state index in [2.05, 4.69) is 5.32 Å². The van der Waals surface area contributed by atoms with Crippen molar-refractivity contribution in [3.8, 4) is 0 Å². The Morgan fingerprint density at radius 3 is 2.74 bits per heavy atom. The van der Waals surface area contributed by atoms with Crippen LogP contribution in [-0.2, 0) is 25.7 Å². The highest BCUT2D eigenvalue weighted by Gasteiger charge is 2.29. The van der Waals surface area contributed by atoms with Crippen molar-refractivity contribution in [2.75, 3.05) is 13.6 Å². The lowest BCUT2D eigenvalue weighted by molar-refractivity contribution is -0.145. The van der Waals surface area contributed by atoms with E-state index in [1.54, 1.807) is 13.0 Å². The molecule has 1 N–H and O–H groups in total. The third kappa shape index (κ3) is 5.43. The summed E-state index contributed by atoms with van der Waals surface area (Å²) in [5.41, 5.74) is 1.23. The van der Waals surface area contributed by atoms with E-state index in [9.17, 15) is 14.4 Å². The number of hydrogen-bond donors (Lipinski definition) is 1. The Morgan fingerprint density at radius 2 is 2.09 bits per heavy atom. The number of halogens is 1. The molecule has 0 aromatic heterocycles. The number of nitrogens with zero attached hydrogens (tertiary/aromatic N) is 1. The summed E-state index contributed by atoms with van der Waals surface area (Å²) < 4.78 is 5.16. The Hall–Kier alpha value is -2.30. The van der Waals surface area contributed by atoms with Gasteiger partial charge in [0.1, 0.15) is 24.3 Å². The van der Waals surface area contributed by atoms with Gasteiger partial charge in [-0.05, 0) is 12.0 Å². The maximum atomic E-state index is 11.9. The van der Waals surface area contributed by atoms with Crippen LogP contribution in [0.3, 0.4) is 0 Å². The molecular formula is C16H19ClN2O4. The highest BCUT2D eigenvalue weighted by Crippen LogP contribution is 2.11. The summed E-state index contributed by atoms with van der Waals surface area (Å²) >= 11 is 0. The second-order valence-electron chi connectivity index (χ2n) is 5.16. The van der Waals surface area contributed by atoms with E-state index in [0.29, 0.717) is 5.70 Å². The molecule has 1 heterocycles. The quantitative estimate of drug-likeness (QED) is 0.642.